The van der Waals surface area contributed by atoms with Crippen LogP contribution in [0, 0.1) is 12.8 Å². The number of nitrogens with one attached hydrogen (secondary N) is 2. The molecule has 2 heterocycles. The molecule has 1 saturated heterocycles. The maximum atomic E-state index is 12.8. The first-order valence-electron chi connectivity index (χ1n) is 11.4. The van der Waals surface area contributed by atoms with Gasteiger partial charge in [0.2, 0.25) is 21.8 Å². The standard InChI is InChI=1S/C24H30N4O4S/c1-17-4-2-14-25-23(17)26-24(30)19-5-3-15-28(16-19)22(29)13-8-18-6-11-21(12-7-18)33(31,32)27-20-9-10-20/h2,4,6-7,11-12,14,19-20,27H,3,5,8-10,13,15-16H2,1H3,(H,25,26,30). The molecule has 1 aliphatic carbocycles. The number of aryl methyl sites for hydroxylation is 2. The van der Waals surface area contributed by atoms with Crippen molar-refractivity contribution in [2.45, 2.75) is 56.4 Å². The quantitative estimate of drug-likeness (QED) is 0.617. The van der Waals surface area contributed by atoms with Crippen LogP contribution in [0.25, 0.3) is 0 Å². The summed E-state index contributed by atoms with van der Waals surface area (Å²) in [7, 11) is -3.47. The zero-order valence-corrected chi connectivity index (χ0v) is 19.6. The van der Waals surface area contributed by atoms with Gasteiger partial charge in [0, 0.05) is 31.7 Å². The lowest BCUT2D eigenvalue weighted by Gasteiger charge is -2.32. The molecule has 176 valence electrons. The van der Waals surface area contributed by atoms with Gasteiger partial charge in [0.05, 0.1) is 10.8 Å². The van der Waals surface area contributed by atoms with Gasteiger partial charge in [0.1, 0.15) is 5.82 Å². The summed E-state index contributed by atoms with van der Waals surface area (Å²) in [5.41, 5.74) is 1.81. The van der Waals surface area contributed by atoms with Gasteiger partial charge in [-0.15, -0.1) is 0 Å². The highest BCUT2D eigenvalue weighted by Gasteiger charge is 2.29. The molecule has 0 spiro atoms. The number of nitrogens with zero attached hydrogens (tertiary/aromatic N) is 2. The Balaban J connectivity index is 1.28. The SMILES string of the molecule is Cc1cccnc1NC(=O)C1CCCN(C(=O)CCc2ccc(S(=O)(=O)NC3CC3)cc2)C1. The largest absolute Gasteiger partial charge is 0.342 e. The molecule has 8 nitrogen and oxygen atoms in total. The summed E-state index contributed by atoms with van der Waals surface area (Å²) < 4.78 is 27.2. The van der Waals surface area contributed by atoms with Crippen molar-refractivity contribution in [3.63, 3.8) is 0 Å². The molecule has 2 aromatic rings. The number of hydrogen-bond donors (Lipinski definition) is 2. The van der Waals surface area contributed by atoms with Crippen LogP contribution in [0.2, 0.25) is 0 Å². The van der Waals surface area contributed by atoms with Crippen LogP contribution < -0.4 is 10.0 Å². The van der Waals surface area contributed by atoms with Crippen molar-refractivity contribution in [2.75, 3.05) is 18.4 Å². The summed E-state index contributed by atoms with van der Waals surface area (Å²) in [4.78, 5) is 31.7. The van der Waals surface area contributed by atoms with E-state index in [1.54, 1.807) is 35.4 Å². The molecule has 2 N–H and O–H groups in total. The second kappa shape index (κ2) is 10.0. The second-order valence-electron chi connectivity index (χ2n) is 8.88. The summed E-state index contributed by atoms with van der Waals surface area (Å²) >= 11 is 0. The molecule has 4 rings (SSSR count). The minimum atomic E-state index is -3.47. The number of hydrogen-bond acceptors (Lipinski definition) is 5. The van der Waals surface area contributed by atoms with E-state index in [0.29, 0.717) is 31.7 Å². The minimum absolute atomic E-state index is 0.00798. The molecule has 1 aromatic carbocycles. The van der Waals surface area contributed by atoms with Crippen LogP contribution in [0.3, 0.4) is 0 Å². The first-order chi connectivity index (χ1) is 15.8. The predicted octanol–water partition coefficient (Wildman–Crippen LogP) is 2.64. The van der Waals surface area contributed by atoms with Crippen LogP contribution >= 0.6 is 0 Å². The molecule has 9 heteroatoms. The van der Waals surface area contributed by atoms with Crippen molar-refractivity contribution in [2.24, 2.45) is 5.92 Å². The summed E-state index contributed by atoms with van der Waals surface area (Å²) in [6.07, 6.45) is 5.79. The van der Waals surface area contributed by atoms with Gasteiger partial charge in [0.15, 0.2) is 0 Å². The monoisotopic (exact) mass is 470 g/mol. The van der Waals surface area contributed by atoms with Gasteiger partial charge in [0.25, 0.3) is 0 Å². The number of carbonyl (C=O) groups excluding carboxylic acids is 2. The minimum Gasteiger partial charge on any atom is -0.342 e. The van der Waals surface area contributed by atoms with Crippen molar-refractivity contribution in [3.05, 3.63) is 53.7 Å². The van der Waals surface area contributed by atoms with Crippen molar-refractivity contribution >= 4 is 27.7 Å². The molecular formula is C24H30N4O4S. The van der Waals surface area contributed by atoms with E-state index in [-0.39, 0.29) is 28.7 Å². The molecule has 1 unspecified atom stereocenters. The van der Waals surface area contributed by atoms with E-state index < -0.39 is 10.0 Å². The second-order valence-corrected chi connectivity index (χ2v) is 10.6. The third-order valence-electron chi connectivity index (χ3n) is 6.16. The van der Waals surface area contributed by atoms with Gasteiger partial charge in [-0.2, -0.15) is 0 Å². The van der Waals surface area contributed by atoms with Crippen LogP contribution in [-0.2, 0) is 26.0 Å². The third-order valence-corrected chi connectivity index (χ3v) is 7.69. The van der Waals surface area contributed by atoms with E-state index in [4.69, 9.17) is 0 Å². The first-order valence-corrected chi connectivity index (χ1v) is 12.9. The Kier molecular flexibility index (Phi) is 7.09. The van der Waals surface area contributed by atoms with E-state index in [2.05, 4.69) is 15.0 Å². The Hall–Kier alpha value is -2.78. The van der Waals surface area contributed by atoms with Crippen molar-refractivity contribution in [1.29, 1.82) is 0 Å². The molecule has 1 saturated carbocycles. The van der Waals surface area contributed by atoms with E-state index in [1.165, 1.54) is 0 Å². The van der Waals surface area contributed by atoms with Gasteiger partial charge in [-0.25, -0.2) is 18.1 Å². The van der Waals surface area contributed by atoms with Crippen molar-refractivity contribution in [3.8, 4) is 0 Å². The number of aromatic nitrogens is 1. The Morgan fingerprint density at radius 3 is 2.58 bits per heavy atom. The van der Waals surface area contributed by atoms with Crippen LogP contribution in [0.4, 0.5) is 5.82 Å². The summed E-state index contributed by atoms with van der Waals surface area (Å²) in [5, 5.41) is 2.89. The topological polar surface area (TPSA) is 108 Å². The fourth-order valence-electron chi connectivity index (χ4n) is 3.99. The number of benzene rings is 1. The number of pyridine rings is 1. The molecule has 0 bridgehead atoms. The number of rotatable bonds is 8. The van der Waals surface area contributed by atoms with Crippen LogP contribution in [0.5, 0.6) is 0 Å². The van der Waals surface area contributed by atoms with E-state index in [0.717, 1.165) is 36.8 Å². The van der Waals surface area contributed by atoms with Gasteiger partial charge in [-0.3, -0.25) is 9.59 Å². The lowest BCUT2D eigenvalue weighted by Crippen LogP contribution is -2.44. The Morgan fingerprint density at radius 2 is 1.88 bits per heavy atom. The van der Waals surface area contributed by atoms with E-state index in [1.807, 2.05) is 19.1 Å². The first kappa shape index (κ1) is 23.4. The predicted molar refractivity (Wildman–Crippen MR) is 125 cm³/mol. The Morgan fingerprint density at radius 1 is 1.12 bits per heavy atom. The highest BCUT2D eigenvalue weighted by atomic mass is 32.2. The Bertz CT molecular complexity index is 1110. The van der Waals surface area contributed by atoms with Gasteiger partial charge in [-0.1, -0.05) is 18.2 Å². The van der Waals surface area contributed by atoms with Crippen LogP contribution in [0.1, 0.15) is 43.2 Å². The highest BCUT2D eigenvalue weighted by Crippen LogP contribution is 2.23. The highest BCUT2D eigenvalue weighted by molar-refractivity contribution is 7.89. The smallest absolute Gasteiger partial charge is 0.240 e. The number of carbonyl (C=O) groups is 2. The zero-order chi connectivity index (χ0) is 23.4. The van der Waals surface area contributed by atoms with Crippen LogP contribution in [0.15, 0.2) is 47.5 Å². The molecule has 0 radical (unpaired) electrons. The molecule has 1 atom stereocenters. The molecule has 33 heavy (non-hydrogen) atoms. The lowest BCUT2D eigenvalue weighted by molar-refractivity contribution is -0.134. The normalized spacial score (nSPS) is 18.7. The fourth-order valence-corrected chi connectivity index (χ4v) is 5.29. The molecule has 2 fully saturated rings. The number of anilines is 1. The number of amides is 2. The zero-order valence-electron chi connectivity index (χ0n) is 18.8. The maximum absolute atomic E-state index is 12.8. The molecule has 2 amide bonds. The number of likely N-dealkylation sites (tertiary alicyclic amines) is 1. The molecule has 2 aliphatic rings. The summed E-state index contributed by atoms with van der Waals surface area (Å²) in [6, 6.07) is 10.5. The maximum Gasteiger partial charge on any atom is 0.240 e. The fraction of sp³-hybridized carbons (Fsp3) is 0.458. The molecule has 1 aliphatic heterocycles. The number of piperidine rings is 1. The van der Waals surface area contributed by atoms with E-state index >= 15 is 0 Å². The lowest BCUT2D eigenvalue weighted by atomic mass is 9.96. The van der Waals surface area contributed by atoms with E-state index in [9.17, 15) is 18.0 Å². The van der Waals surface area contributed by atoms with Crippen LogP contribution in [-0.4, -0.2) is 49.2 Å². The number of sulfonamides is 1. The molecular weight excluding hydrogens is 440 g/mol. The third kappa shape index (κ3) is 6.17. The summed E-state index contributed by atoms with van der Waals surface area (Å²) in [5.74, 6) is 0.204. The average Bonchev–Trinajstić information content (AvgIpc) is 3.62. The van der Waals surface area contributed by atoms with Gasteiger partial charge >= 0.3 is 0 Å². The van der Waals surface area contributed by atoms with Crippen molar-refractivity contribution < 1.29 is 18.0 Å². The average molecular weight is 471 g/mol. The summed E-state index contributed by atoms with van der Waals surface area (Å²) in [6.45, 7) is 2.95. The van der Waals surface area contributed by atoms with Gasteiger partial charge in [-0.05, 0) is 68.4 Å². The van der Waals surface area contributed by atoms with Crippen molar-refractivity contribution in [1.82, 2.24) is 14.6 Å². The Labute approximate surface area is 194 Å². The molecule has 1 aromatic heterocycles. The van der Waals surface area contributed by atoms with Gasteiger partial charge < -0.3 is 10.2 Å².